The van der Waals surface area contributed by atoms with E-state index in [1.165, 1.54) is 23.1 Å². The van der Waals surface area contributed by atoms with Crippen LogP contribution in [0.1, 0.15) is 5.56 Å². The molecule has 0 saturated heterocycles. The molecule has 0 aliphatic rings. The van der Waals surface area contributed by atoms with E-state index in [0.29, 0.717) is 12.6 Å². The number of nitrogens with zero attached hydrogens (tertiary/aromatic N) is 3. The molecule has 2 N–H and O–H groups in total. The number of halogens is 1. The Bertz CT molecular complexity index is 679. The third-order valence-corrected chi connectivity index (χ3v) is 2.41. The Morgan fingerprint density at radius 3 is 2.67 bits per heavy atom. The molecule has 2 aromatic rings. The van der Waals surface area contributed by atoms with E-state index in [1.54, 1.807) is 12.1 Å². The molecule has 0 spiro atoms. The van der Waals surface area contributed by atoms with Gasteiger partial charge in [-0.25, -0.2) is 18.9 Å². The lowest BCUT2D eigenvalue weighted by Gasteiger charge is -2.00. The highest BCUT2D eigenvalue weighted by atomic mass is 19.1. The average molecular weight is 290 g/mol. The van der Waals surface area contributed by atoms with Crippen molar-refractivity contribution in [3.8, 4) is 0 Å². The van der Waals surface area contributed by atoms with Gasteiger partial charge in [0, 0.05) is 12.2 Å². The Morgan fingerprint density at radius 2 is 2.00 bits per heavy atom. The molecule has 0 aliphatic heterocycles. The summed E-state index contributed by atoms with van der Waals surface area (Å²) in [5.41, 5.74) is 0.824. The molecule has 1 heterocycles. The van der Waals surface area contributed by atoms with E-state index in [0.717, 1.165) is 11.6 Å². The van der Waals surface area contributed by atoms with Crippen LogP contribution < -0.4 is 5.32 Å². The quantitative estimate of drug-likeness (QED) is 0.802. The third kappa shape index (κ3) is 4.53. The highest BCUT2D eigenvalue weighted by molar-refractivity contribution is 6.01. The molecule has 0 radical (unpaired) electrons. The maximum Gasteiger partial charge on any atom is 0.328 e. The van der Waals surface area contributed by atoms with E-state index in [-0.39, 0.29) is 11.8 Å². The second kappa shape index (κ2) is 6.42. The molecule has 0 aliphatic carbocycles. The number of carboxylic acids is 1. The van der Waals surface area contributed by atoms with Gasteiger partial charge in [-0.05, 0) is 17.7 Å². The molecule has 108 valence electrons. The fourth-order valence-electron chi connectivity index (χ4n) is 1.50. The van der Waals surface area contributed by atoms with Crippen LogP contribution in [-0.2, 0) is 16.1 Å². The summed E-state index contributed by atoms with van der Waals surface area (Å²) in [4.78, 5) is 25.4. The van der Waals surface area contributed by atoms with Gasteiger partial charge in [0.25, 0.3) is 5.91 Å². The third-order valence-electron chi connectivity index (χ3n) is 2.41. The Kier molecular flexibility index (Phi) is 4.39. The van der Waals surface area contributed by atoms with Crippen LogP contribution in [0.5, 0.6) is 0 Å². The van der Waals surface area contributed by atoms with Gasteiger partial charge >= 0.3 is 5.97 Å². The first-order valence-electron chi connectivity index (χ1n) is 5.89. The van der Waals surface area contributed by atoms with Crippen LogP contribution >= 0.6 is 0 Å². The van der Waals surface area contributed by atoms with E-state index in [4.69, 9.17) is 5.11 Å². The van der Waals surface area contributed by atoms with Crippen molar-refractivity contribution in [3.05, 3.63) is 54.1 Å². The lowest BCUT2D eigenvalue weighted by Crippen LogP contribution is -2.10. The number of amides is 1. The van der Waals surface area contributed by atoms with Gasteiger partial charge in [-0.15, -0.1) is 5.10 Å². The number of carbonyl (C=O) groups is 2. The molecule has 7 nitrogen and oxygen atoms in total. The molecule has 1 amide bonds. The van der Waals surface area contributed by atoms with Gasteiger partial charge in [-0.1, -0.05) is 12.1 Å². The van der Waals surface area contributed by atoms with Crippen LogP contribution in [0.25, 0.3) is 0 Å². The molecule has 0 bridgehead atoms. The lowest BCUT2D eigenvalue weighted by atomic mass is 10.2. The molecule has 21 heavy (non-hydrogen) atoms. The van der Waals surface area contributed by atoms with Crippen LogP contribution in [0, 0.1) is 5.82 Å². The number of hydrogen-bond donors (Lipinski definition) is 2. The minimum Gasteiger partial charge on any atom is -0.478 e. The zero-order chi connectivity index (χ0) is 15.2. The number of carboxylic acid groups (broad SMARTS) is 1. The fourth-order valence-corrected chi connectivity index (χ4v) is 1.50. The van der Waals surface area contributed by atoms with Gasteiger partial charge in [-0.2, -0.15) is 0 Å². The molecule has 0 atom stereocenters. The van der Waals surface area contributed by atoms with Crippen LogP contribution in [0.15, 0.2) is 42.7 Å². The number of nitrogens with one attached hydrogen (secondary N) is 1. The predicted molar refractivity (Wildman–Crippen MR) is 70.9 cm³/mol. The minimum atomic E-state index is -1.22. The number of aliphatic carboxylic acids is 1. The lowest BCUT2D eigenvalue weighted by molar-refractivity contribution is -0.131. The number of anilines is 1. The topological polar surface area (TPSA) is 97.1 Å². The highest BCUT2D eigenvalue weighted by Crippen LogP contribution is 2.05. The monoisotopic (exact) mass is 290 g/mol. The molecule has 0 saturated carbocycles. The summed E-state index contributed by atoms with van der Waals surface area (Å²) >= 11 is 0. The first-order chi connectivity index (χ1) is 10.0. The minimum absolute atomic E-state index is 0.0529. The summed E-state index contributed by atoms with van der Waals surface area (Å²) < 4.78 is 14.2. The number of carbonyl (C=O) groups excluding carboxylic acids is 1. The van der Waals surface area contributed by atoms with Crippen LogP contribution in [0.4, 0.5) is 10.3 Å². The van der Waals surface area contributed by atoms with Crippen molar-refractivity contribution in [2.24, 2.45) is 0 Å². The zero-order valence-electron chi connectivity index (χ0n) is 10.7. The van der Waals surface area contributed by atoms with Crippen molar-refractivity contribution in [1.29, 1.82) is 0 Å². The molecule has 0 unspecified atom stereocenters. The summed E-state index contributed by atoms with van der Waals surface area (Å²) in [6.45, 7) is 0.369. The Morgan fingerprint density at radius 1 is 1.29 bits per heavy atom. The summed E-state index contributed by atoms with van der Waals surface area (Å²) in [5.74, 6) is -2.13. The van der Waals surface area contributed by atoms with Crippen molar-refractivity contribution in [2.45, 2.75) is 6.54 Å². The molecule has 8 heteroatoms. The SMILES string of the molecule is O=C(O)/C=C/C(=O)Nc1ncn(Cc2ccc(F)cc2)n1. The average Bonchev–Trinajstić information content (AvgIpc) is 2.86. The maximum absolute atomic E-state index is 12.8. The van der Waals surface area contributed by atoms with Gasteiger partial charge < -0.3 is 5.11 Å². The normalized spacial score (nSPS) is 10.7. The molecule has 1 aromatic heterocycles. The maximum atomic E-state index is 12.8. The van der Waals surface area contributed by atoms with Crippen LogP contribution in [0.2, 0.25) is 0 Å². The first-order valence-corrected chi connectivity index (χ1v) is 5.89. The van der Waals surface area contributed by atoms with E-state index in [9.17, 15) is 14.0 Å². The van der Waals surface area contributed by atoms with Gasteiger partial charge in [0.2, 0.25) is 5.95 Å². The van der Waals surface area contributed by atoms with E-state index in [2.05, 4.69) is 15.4 Å². The number of rotatable bonds is 5. The van der Waals surface area contributed by atoms with Gasteiger partial charge in [-0.3, -0.25) is 10.1 Å². The number of aromatic nitrogens is 3. The summed E-state index contributed by atoms with van der Waals surface area (Å²) in [6.07, 6.45) is 2.98. The molecule has 1 aromatic carbocycles. The van der Waals surface area contributed by atoms with E-state index >= 15 is 0 Å². The smallest absolute Gasteiger partial charge is 0.328 e. The molecular weight excluding hydrogens is 279 g/mol. The van der Waals surface area contributed by atoms with Gasteiger partial charge in [0.15, 0.2) is 0 Å². The first kappa shape index (κ1) is 14.4. The summed E-state index contributed by atoms with van der Waals surface area (Å²) in [7, 11) is 0. The van der Waals surface area contributed by atoms with Crippen molar-refractivity contribution >= 4 is 17.8 Å². The molecule has 0 fully saturated rings. The van der Waals surface area contributed by atoms with Crippen molar-refractivity contribution < 1.29 is 19.1 Å². The molecular formula is C13H11FN4O3. The van der Waals surface area contributed by atoms with E-state index in [1.807, 2.05) is 0 Å². The van der Waals surface area contributed by atoms with Crippen LogP contribution in [-0.4, -0.2) is 31.7 Å². The standard InChI is InChI=1S/C13H11FN4O3/c14-10-3-1-9(2-4-10)7-18-8-15-13(17-18)16-11(19)5-6-12(20)21/h1-6,8H,7H2,(H,20,21)(H,16,17,19)/b6-5+. The number of hydrogen-bond acceptors (Lipinski definition) is 4. The van der Waals surface area contributed by atoms with Crippen molar-refractivity contribution in [1.82, 2.24) is 14.8 Å². The van der Waals surface area contributed by atoms with Crippen molar-refractivity contribution in [3.63, 3.8) is 0 Å². The fraction of sp³-hybridized carbons (Fsp3) is 0.0769. The highest BCUT2D eigenvalue weighted by Gasteiger charge is 2.05. The van der Waals surface area contributed by atoms with Crippen molar-refractivity contribution in [2.75, 3.05) is 5.32 Å². The Hall–Kier alpha value is -3.03. The number of benzene rings is 1. The Balaban J connectivity index is 1.96. The summed E-state index contributed by atoms with van der Waals surface area (Å²) in [5, 5.41) is 14.7. The second-order valence-electron chi connectivity index (χ2n) is 4.05. The van der Waals surface area contributed by atoms with Gasteiger partial charge in [0.1, 0.15) is 12.1 Å². The molecule has 2 rings (SSSR count). The Labute approximate surface area is 118 Å². The predicted octanol–water partition coefficient (Wildman–Crippen LogP) is 1.04. The summed E-state index contributed by atoms with van der Waals surface area (Å²) in [6, 6.07) is 5.91. The van der Waals surface area contributed by atoms with E-state index < -0.39 is 11.9 Å². The van der Waals surface area contributed by atoms with Gasteiger partial charge in [0.05, 0.1) is 6.54 Å². The largest absolute Gasteiger partial charge is 0.478 e. The van der Waals surface area contributed by atoms with Crippen LogP contribution in [0.3, 0.4) is 0 Å². The zero-order valence-corrected chi connectivity index (χ0v) is 10.7. The second-order valence-corrected chi connectivity index (χ2v) is 4.05.